The molecule has 7 heteroatoms. The van der Waals surface area contributed by atoms with Gasteiger partial charge in [0.05, 0.1) is 5.75 Å². The van der Waals surface area contributed by atoms with E-state index in [-0.39, 0.29) is 42.6 Å². The third-order valence-corrected chi connectivity index (χ3v) is 3.62. The average molecular weight is 333 g/mol. The third kappa shape index (κ3) is 33.3. The van der Waals surface area contributed by atoms with Crippen molar-refractivity contribution in [1.29, 1.82) is 0 Å². The Balaban J connectivity index is -0.000000174. The van der Waals surface area contributed by atoms with Gasteiger partial charge in [-0.05, 0) is 13.3 Å². The molecular formula is C14H32NNaO4S. The third-order valence-electron chi connectivity index (χ3n) is 2.89. The first-order valence-corrected chi connectivity index (χ1v) is 9.17. The van der Waals surface area contributed by atoms with Crippen LogP contribution in [-0.4, -0.2) is 24.6 Å². The maximum absolute atomic E-state index is 10.4. The molecule has 0 aromatic rings. The van der Waals surface area contributed by atoms with Crippen LogP contribution in [0.3, 0.4) is 0 Å². The van der Waals surface area contributed by atoms with Crippen LogP contribution in [0.15, 0.2) is 0 Å². The van der Waals surface area contributed by atoms with Gasteiger partial charge in [0.1, 0.15) is 0 Å². The summed E-state index contributed by atoms with van der Waals surface area (Å²) in [4.78, 5) is 10.4. The van der Waals surface area contributed by atoms with E-state index in [2.05, 4.69) is 6.92 Å². The number of rotatable bonds is 11. The van der Waals surface area contributed by atoms with Gasteiger partial charge in [-0.3, -0.25) is 9.35 Å². The SMILES string of the molecule is CCCCCCCCCCCC(N)=O.CCS(=O)(=O)O.[H-].[Na+]. The van der Waals surface area contributed by atoms with Gasteiger partial charge in [-0.2, -0.15) is 8.42 Å². The van der Waals surface area contributed by atoms with Gasteiger partial charge in [0.25, 0.3) is 10.1 Å². The summed E-state index contributed by atoms with van der Waals surface area (Å²) in [6.45, 7) is 3.61. The fourth-order valence-corrected chi connectivity index (χ4v) is 1.61. The first-order valence-electron chi connectivity index (χ1n) is 7.57. The van der Waals surface area contributed by atoms with Crippen molar-refractivity contribution in [2.24, 2.45) is 5.73 Å². The molecule has 0 aliphatic carbocycles. The van der Waals surface area contributed by atoms with Gasteiger partial charge in [-0.1, -0.05) is 58.3 Å². The minimum atomic E-state index is -3.66. The summed E-state index contributed by atoms with van der Waals surface area (Å²) in [5.74, 6) is -0.361. The van der Waals surface area contributed by atoms with Crippen LogP contribution >= 0.6 is 0 Å². The molecule has 0 heterocycles. The van der Waals surface area contributed by atoms with E-state index in [0.29, 0.717) is 6.42 Å². The molecule has 0 unspecified atom stereocenters. The van der Waals surface area contributed by atoms with Crippen LogP contribution in [-0.2, 0) is 14.9 Å². The van der Waals surface area contributed by atoms with Crippen LogP contribution in [0.2, 0.25) is 0 Å². The van der Waals surface area contributed by atoms with Crippen LogP contribution < -0.4 is 35.3 Å². The van der Waals surface area contributed by atoms with E-state index in [1.54, 1.807) is 0 Å². The topological polar surface area (TPSA) is 97.5 Å². The summed E-state index contributed by atoms with van der Waals surface area (Å²) >= 11 is 0. The number of unbranched alkanes of at least 4 members (excludes halogenated alkanes) is 8. The Morgan fingerprint density at radius 1 is 0.952 bits per heavy atom. The van der Waals surface area contributed by atoms with E-state index in [0.717, 1.165) is 12.8 Å². The maximum atomic E-state index is 10.4. The van der Waals surface area contributed by atoms with Gasteiger partial charge in [-0.25, -0.2) is 0 Å². The summed E-state index contributed by atoms with van der Waals surface area (Å²) in [5, 5.41) is 0. The largest absolute Gasteiger partial charge is 1.00 e. The molecule has 0 radical (unpaired) electrons. The molecule has 0 aromatic carbocycles. The number of carbonyl (C=O) groups excluding carboxylic acids is 1. The minimum Gasteiger partial charge on any atom is -1.00 e. The quantitative estimate of drug-likeness (QED) is 0.325. The molecule has 0 saturated carbocycles. The number of primary amides is 1. The number of nitrogens with two attached hydrogens (primary N) is 1. The Morgan fingerprint density at radius 2 is 1.29 bits per heavy atom. The summed E-state index contributed by atoms with van der Waals surface area (Å²) in [7, 11) is -3.66. The van der Waals surface area contributed by atoms with E-state index in [1.165, 1.54) is 51.9 Å². The van der Waals surface area contributed by atoms with Gasteiger partial charge in [0.15, 0.2) is 0 Å². The fourth-order valence-electron chi connectivity index (χ4n) is 1.61. The van der Waals surface area contributed by atoms with Crippen molar-refractivity contribution in [2.75, 3.05) is 5.75 Å². The number of hydrogen-bond donors (Lipinski definition) is 2. The van der Waals surface area contributed by atoms with E-state index >= 15 is 0 Å². The number of hydrogen-bond acceptors (Lipinski definition) is 3. The molecule has 1 amide bonds. The van der Waals surface area contributed by atoms with Crippen LogP contribution in [0.25, 0.3) is 0 Å². The molecule has 0 aliphatic heterocycles. The van der Waals surface area contributed by atoms with Crippen molar-refractivity contribution < 1.29 is 48.7 Å². The molecule has 0 fully saturated rings. The second-order valence-corrected chi connectivity index (χ2v) is 6.66. The average Bonchev–Trinajstić information content (AvgIpc) is 2.36. The fraction of sp³-hybridized carbons (Fsp3) is 0.929. The first-order chi connectivity index (χ1) is 9.33. The zero-order valence-corrected chi connectivity index (χ0v) is 16.8. The molecule has 0 rings (SSSR count). The molecule has 124 valence electrons. The zero-order valence-electron chi connectivity index (χ0n) is 14.9. The zero-order chi connectivity index (χ0) is 15.9. The monoisotopic (exact) mass is 333 g/mol. The molecule has 0 aromatic heterocycles. The van der Waals surface area contributed by atoms with E-state index in [4.69, 9.17) is 10.3 Å². The second kappa shape index (κ2) is 18.4. The molecule has 0 spiro atoms. The normalized spacial score (nSPS) is 10.2. The van der Waals surface area contributed by atoms with Crippen LogP contribution in [0.1, 0.15) is 79.5 Å². The van der Waals surface area contributed by atoms with Crippen molar-refractivity contribution in [3.05, 3.63) is 0 Å². The maximum Gasteiger partial charge on any atom is 1.00 e. The van der Waals surface area contributed by atoms with Gasteiger partial charge in [-0.15, -0.1) is 0 Å². The standard InChI is InChI=1S/C12H25NO.C2H6O3S.Na.H/c1-2-3-4-5-6-7-8-9-10-11-12(13)14;1-2-6(3,4)5;;/h2-11H2,1H3,(H2,13,14);2H2,1H3,(H,3,4,5);;/q;;+1;-1. The van der Waals surface area contributed by atoms with Crippen LogP contribution in [0, 0.1) is 0 Å². The Kier molecular flexibility index (Phi) is 23.1. The smallest absolute Gasteiger partial charge is 1.00 e. The van der Waals surface area contributed by atoms with E-state index < -0.39 is 10.1 Å². The summed E-state index contributed by atoms with van der Waals surface area (Å²) in [6.07, 6.45) is 12.1. The predicted molar refractivity (Wildman–Crippen MR) is 84.2 cm³/mol. The minimum absolute atomic E-state index is 0. The van der Waals surface area contributed by atoms with E-state index in [1.807, 2.05) is 0 Å². The molecule has 0 atom stereocenters. The Hall–Kier alpha value is 0.380. The summed E-state index contributed by atoms with van der Waals surface area (Å²) in [6, 6.07) is 0. The van der Waals surface area contributed by atoms with Gasteiger partial charge < -0.3 is 7.16 Å². The van der Waals surface area contributed by atoms with Crippen molar-refractivity contribution in [2.45, 2.75) is 78.1 Å². The molecular weight excluding hydrogens is 301 g/mol. The summed E-state index contributed by atoms with van der Waals surface area (Å²) in [5.41, 5.74) is 5.05. The molecule has 0 saturated heterocycles. The number of amides is 1. The molecule has 5 nitrogen and oxygen atoms in total. The molecule has 3 N–H and O–H groups in total. The molecule has 21 heavy (non-hydrogen) atoms. The van der Waals surface area contributed by atoms with Gasteiger partial charge >= 0.3 is 29.6 Å². The Labute approximate surface area is 154 Å². The second-order valence-electron chi connectivity index (χ2n) is 4.92. The Bertz CT molecular complexity index is 327. The van der Waals surface area contributed by atoms with Crippen molar-refractivity contribution in [3.63, 3.8) is 0 Å². The molecule has 0 bridgehead atoms. The van der Waals surface area contributed by atoms with E-state index in [9.17, 15) is 13.2 Å². The summed E-state index contributed by atoms with van der Waals surface area (Å²) < 4.78 is 26.9. The number of carbonyl (C=O) groups is 1. The van der Waals surface area contributed by atoms with Crippen molar-refractivity contribution in [1.82, 2.24) is 0 Å². The van der Waals surface area contributed by atoms with Crippen LogP contribution in [0.4, 0.5) is 0 Å². The Morgan fingerprint density at radius 3 is 1.57 bits per heavy atom. The van der Waals surface area contributed by atoms with Crippen LogP contribution in [0.5, 0.6) is 0 Å². The molecule has 0 aliphatic rings. The van der Waals surface area contributed by atoms with Gasteiger partial charge in [0.2, 0.25) is 5.91 Å². The first kappa shape index (κ1) is 26.3. The van der Waals surface area contributed by atoms with Crippen molar-refractivity contribution >= 4 is 16.0 Å². The predicted octanol–water partition coefficient (Wildman–Crippen LogP) is 0.403. The van der Waals surface area contributed by atoms with Crippen molar-refractivity contribution in [3.8, 4) is 0 Å². The van der Waals surface area contributed by atoms with Gasteiger partial charge in [0, 0.05) is 6.42 Å².